The van der Waals surface area contributed by atoms with E-state index in [0.29, 0.717) is 27.8 Å². The Morgan fingerprint density at radius 3 is 2.67 bits per heavy atom. The van der Waals surface area contributed by atoms with Gasteiger partial charge in [-0.2, -0.15) is 0 Å². The first-order valence-electron chi connectivity index (χ1n) is 7.22. The Labute approximate surface area is 127 Å². The quantitative estimate of drug-likeness (QED) is 0.872. The SMILES string of the molecule is CC1CC(C)CN(C(=O)c2sc3ccc(F)cc3c2N)C1. The van der Waals surface area contributed by atoms with Gasteiger partial charge < -0.3 is 10.6 Å². The Bertz CT molecular complexity index is 687. The number of hydrogen-bond donors (Lipinski definition) is 1. The summed E-state index contributed by atoms with van der Waals surface area (Å²) in [6.45, 7) is 5.87. The fourth-order valence-electron chi connectivity index (χ4n) is 3.22. The van der Waals surface area contributed by atoms with Crippen LogP contribution in [0, 0.1) is 17.7 Å². The zero-order valence-corrected chi connectivity index (χ0v) is 13.0. The van der Waals surface area contributed by atoms with E-state index in [1.54, 1.807) is 6.07 Å². The number of nitrogen functional groups attached to an aromatic ring is 1. The molecule has 1 saturated heterocycles. The van der Waals surface area contributed by atoms with Crippen LogP contribution in [0.1, 0.15) is 29.9 Å². The van der Waals surface area contributed by atoms with Crippen molar-refractivity contribution in [2.45, 2.75) is 20.3 Å². The molecule has 2 atom stereocenters. The van der Waals surface area contributed by atoms with Gasteiger partial charge in [0.1, 0.15) is 10.7 Å². The minimum Gasteiger partial charge on any atom is -0.397 e. The van der Waals surface area contributed by atoms with Crippen molar-refractivity contribution < 1.29 is 9.18 Å². The average molecular weight is 306 g/mol. The Hall–Kier alpha value is -1.62. The summed E-state index contributed by atoms with van der Waals surface area (Å²) in [5, 5.41) is 0.640. The lowest BCUT2D eigenvalue weighted by Crippen LogP contribution is -2.42. The van der Waals surface area contributed by atoms with E-state index in [9.17, 15) is 9.18 Å². The van der Waals surface area contributed by atoms with Crippen molar-refractivity contribution in [3.63, 3.8) is 0 Å². The van der Waals surface area contributed by atoms with Crippen LogP contribution in [-0.4, -0.2) is 23.9 Å². The first-order valence-corrected chi connectivity index (χ1v) is 8.04. The molecule has 2 aromatic rings. The minimum absolute atomic E-state index is 0.0208. The van der Waals surface area contributed by atoms with Gasteiger partial charge in [0.2, 0.25) is 0 Å². The number of hydrogen-bond acceptors (Lipinski definition) is 3. The van der Waals surface area contributed by atoms with Crippen LogP contribution in [-0.2, 0) is 0 Å². The highest BCUT2D eigenvalue weighted by atomic mass is 32.1. The molecule has 0 saturated carbocycles. The smallest absolute Gasteiger partial charge is 0.266 e. The van der Waals surface area contributed by atoms with Gasteiger partial charge in [-0.25, -0.2) is 4.39 Å². The Morgan fingerprint density at radius 1 is 1.33 bits per heavy atom. The summed E-state index contributed by atoms with van der Waals surface area (Å²) in [7, 11) is 0. The molecule has 3 rings (SSSR count). The molecule has 21 heavy (non-hydrogen) atoms. The molecule has 2 unspecified atom stereocenters. The Kier molecular flexibility index (Phi) is 3.61. The number of carbonyl (C=O) groups is 1. The van der Waals surface area contributed by atoms with Crippen molar-refractivity contribution in [2.75, 3.05) is 18.8 Å². The summed E-state index contributed by atoms with van der Waals surface area (Å²) in [6.07, 6.45) is 1.15. The summed E-state index contributed by atoms with van der Waals surface area (Å²) in [5.41, 5.74) is 6.49. The molecule has 0 bridgehead atoms. The van der Waals surface area contributed by atoms with E-state index in [4.69, 9.17) is 5.73 Å². The third-order valence-electron chi connectivity index (χ3n) is 4.04. The minimum atomic E-state index is -0.328. The maximum absolute atomic E-state index is 13.3. The molecule has 2 N–H and O–H groups in total. The molecular weight excluding hydrogens is 287 g/mol. The van der Waals surface area contributed by atoms with Gasteiger partial charge >= 0.3 is 0 Å². The van der Waals surface area contributed by atoms with Crippen LogP contribution in [0.4, 0.5) is 10.1 Å². The van der Waals surface area contributed by atoms with E-state index >= 15 is 0 Å². The molecule has 2 heterocycles. The molecule has 112 valence electrons. The number of thiophene rings is 1. The molecule has 1 aliphatic rings. The molecule has 1 fully saturated rings. The second kappa shape index (κ2) is 5.30. The molecule has 1 amide bonds. The third-order valence-corrected chi connectivity index (χ3v) is 5.21. The number of carbonyl (C=O) groups excluding carboxylic acids is 1. The van der Waals surface area contributed by atoms with Gasteiger partial charge in [-0.3, -0.25) is 4.79 Å². The van der Waals surface area contributed by atoms with Crippen molar-refractivity contribution in [1.29, 1.82) is 0 Å². The number of nitrogens with two attached hydrogens (primary N) is 1. The maximum Gasteiger partial charge on any atom is 0.266 e. The van der Waals surface area contributed by atoms with Crippen molar-refractivity contribution in [2.24, 2.45) is 11.8 Å². The molecule has 0 aliphatic carbocycles. The summed E-state index contributed by atoms with van der Waals surface area (Å²) < 4.78 is 14.2. The van der Waals surface area contributed by atoms with Crippen LogP contribution in [0.3, 0.4) is 0 Å². The Balaban J connectivity index is 1.96. The molecular formula is C16H19FN2OS. The van der Waals surface area contributed by atoms with Gasteiger partial charge in [0, 0.05) is 23.2 Å². The van der Waals surface area contributed by atoms with Crippen molar-refractivity contribution in [1.82, 2.24) is 4.90 Å². The van der Waals surface area contributed by atoms with E-state index in [0.717, 1.165) is 24.2 Å². The topological polar surface area (TPSA) is 46.3 Å². The Morgan fingerprint density at radius 2 is 2.00 bits per heavy atom. The number of benzene rings is 1. The zero-order valence-electron chi connectivity index (χ0n) is 12.2. The second-order valence-electron chi connectivity index (χ2n) is 6.14. The van der Waals surface area contributed by atoms with Gasteiger partial charge in [0.15, 0.2) is 0 Å². The number of amides is 1. The summed E-state index contributed by atoms with van der Waals surface area (Å²) >= 11 is 1.35. The van der Waals surface area contributed by atoms with E-state index in [1.807, 2.05) is 4.90 Å². The lowest BCUT2D eigenvalue weighted by atomic mass is 9.92. The highest BCUT2D eigenvalue weighted by molar-refractivity contribution is 7.21. The molecule has 5 heteroatoms. The number of halogens is 1. The van der Waals surface area contributed by atoms with Crippen LogP contribution >= 0.6 is 11.3 Å². The zero-order chi connectivity index (χ0) is 15.1. The first-order chi connectivity index (χ1) is 9.95. The predicted molar refractivity (Wildman–Crippen MR) is 85.0 cm³/mol. The number of rotatable bonds is 1. The first kappa shape index (κ1) is 14.3. The summed E-state index contributed by atoms with van der Waals surface area (Å²) in [5.74, 6) is 0.662. The number of anilines is 1. The fraction of sp³-hybridized carbons (Fsp3) is 0.438. The molecule has 0 radical (unpaired) electrons. The van der Waals surface area contributed by atoms with Gasteiger partial charge in [0.05, 0.1) is 5.69 Å². The molecule has 0 spiro atoms. The fourth-order valence-corrected chi connectivity index (χ4v) is 4.29. The highest BCUT2D eigenvalue weighted by Crippen LogP contribution is 2.35. The lowest BCUT2D eigenvalue weighted by Gasteiger charge is -2.34. The number of piperidine rings is 1. The normalized spacial score (nSPS) is 22.7. The van der Waals surface area contributed by atoms with Gasteiger partial charge in [0.25, 0.3) is 5.91 Å². The maximum atomic E-state index is 13.3. The average Bonchev–Trinajstić information content (AvgIpc) is 2.74. The van der Waals surface area contributed by atoms with Gasteiger partial charge in [-0.1, -0.05) is 13.8 Å². The van der Waals surface area contributed by atoms with Crippen molar-refractivity contribution in [3.05, 3.63) is 28.9 Å². The number of fused-ring (bicyclic) bond motifs is 1. The highest BCUT2D eigenvalue weighted by Gasteiger charge is 2.28. The third kappa shape index (κ3) is 2.62. The van der Waals surface area contributed by atoms with Crippen molar-refractivity contribution in [3.8, 4) is 0 Å². The standard InChI is InChI=1S/C16H19FN2OS/c1-9-5-10(2)8-19(7-9)16(20)15-14(18)12-6-11(17)3-4-13(12)21-15/h3-4,6,9-10H,5,7-8,18H2,1-2H3. The number of nitrogens with zero attached hydrogens (tertiary/aromatic N) is 1. The predicted octanol–water partition coefficient (Wildman–Crippen LogP) is 3.74. The van der Waals surface area contributed by atoms with E-state index in [-0.39, 0.29) is 11.7 Å². The van der Waals surface area contributed by atoms with E-state index < -0.39 is 0 Å². The number of likely N-dealkylation sites (tertiary alicyclic amines) is 1. The molecule has 1 aromatic carbocycles. The van der Waals surface area contributed by atoms with E-state index in [2.05, 4.69) is 13.8 Å². The van der Waals surface area contributed by atoms with E-state index in [1.165, 1.54) is 23.5 Å². The summed E-state index contributed by atoms with van der Waals surface area (Å²) in [6, 6.07) is 4.49. The van der Waals surface area contributed by atoms with Crippen LogP contribution in [0.5, 0.6) is 0 Å². The van der Waals surface area contributed by atoms with Gasteiger partial charge in [-0.05, 0) is 36.5 Å². The molecule has 3 nitrogen and oxygen atoms in total. The summed E-state index contributed by atoms with van der Waals surface area (Å²) in [4.78, 5) is 15.2. The second-order valence-corrected chi connectivity index (χ2v) is 7.19. The van der Waals surface area contributed by atoms with Crippen LogP contribution in [0.25, 0.3) is 10.1 Å². The molecule has 1 aliphatic heterocycles. The largest absolute Gasteiger partial charge is 0.397 e. The van der Waals surface area contributed by atoms with Crippen LogP contribution in [0.2, 0.25) is 0 Å². The van der Waals surface area contributed by atoms with Crippen LogP contribution < -0.4 is 5.73 Å². The van der Waals surface area contributed by atoms with Gasteiger partial charge in [-0.15, -0.1) is 11.3 Å². The lowest BCUT2D eigenvalue weighted by molar-refractivity contribution is 0.0629. The van der Waals surface area contributed by atoms with Crippen molar-refractivity contribution >= 4 is 33.0 Å². The monoisotopic (exact) mass is 306 g/mol. The van der Waals surface area contributed by atoms with Crippen LogP contribution in [0.15, 0.2) is 18.2 Å². The molecule has 1 aromatic heterocycles.